The molecule has 10 heteroatoms. The molecule has 0 aliphatic rings. The van der Waals surface area contributed by atoms with E-state index < -0.39 is 23.4 Å². The van der Waals surface area contributed by atoms with E-state index in [1.165, 1.54) is 23.1 Å². The Morgan fingerprint density at radius 1 is 1.28 bits per heavy atom. The largest absolute Gasteiger partial charge is 0.322 e. The fourth-order valence-corrected chi connectivity index (χ4v) is 3.48. The van der Waals surface area contributed by atoms with E-state index in [0.717, 1.165) is 27.9 Å². The van der Waals surface area contributed by atoms with E-state index in [1.54, 1.807) is 0 Å². The number of aromatic nitrogens is 2. The summed E-state index contributed by atoms with van der Waals surface area (Å²) >= 11 is 2.93. The number of nitrogens with one attached hydrogen (secondary N) is 1. The lowest BCUT2D eigenvalue weighted by Crippen LogP contribution is -2.33. The number of amides is 1. The van der Waals surface area contributed by atoms with Gasteiger partial charge in [-0.15, -0.1) is 10.2 Å². The Balaban J connectivity index is 2.01. The summed E-state index contributed by atoms with van der Waals surface area (Å²) in [7, 11) is 0. The number of anilines is 1. The van der Waals surface area contributed by atoms with Gasteiger partial charge in [0.15, 0.2) is 21.8 Å². The Morgan fingerprint density at radius 3 is 2.68 bits per heavy atom. The van der Waals surface area contributed by atoms with Crippen LogP contribution in [-0.4, -0.2) is 40.3 Å². The molecular formula is C15H17F3N4OS2. The van der Waals surface area contributed by atoms with Crippen molar-refractivity contribution in [2.45, 2.75) is 24.2 Å². The number of benzene rings is 1. The summed E-state index contributed by atoms with van der Waals surface area (Å²) in [6.07, 6.45) is 2.71. The maximum absolute atomic E-state index is 13.6. The zero-order valence-corrected chi connectivity index (χ0v) is 15.3. The molecule has 1 aromatic carbocycles. The van der Waals surface area contributed by atoms with Gasteiger partial charge in [-0.25, -0.2) is 13.2 Å². The van der Waals surface area contributed by atoms with Crippen LogP contribution in [0.4, 0.5) is 18.9 Å². The molecule has 25 heavy (non-hydrogen) atoms. The molecule has 0 aliphatic carbocycles. The Kier molecular flexibility index (Phi) is 7.21. The molecule has 2 rings (SSSR count). The lowest BCUT2D eigenvalue weighted by Gasteiger charge is -2.19. The van der Waals surface area contributed by atoms with Crippen LogP contribution >= 0.6 is 23.1 Å². The Morgan fingerprint density at radius 2 is 2.04 bits per heavy atom. The van der Waals surface area contributed by atoms with Gasteiger partial charge in [-0.1, -0.05) is 30.0 Å². The molecule has 0 radical (unpaired) electrons. The highest BCUT2D eigenvalue weighted by atomic mass is 32.2. The second kappa shape index (κ2) is 9.16. The van der Waals surface area contributed by atoms with Crippen LogP contribution in [0.15, 0.2) is 16.5 Å². The number of hydrogen-bond donors (Lipinski definition) is 1. The van der Waals surface area contributed by atoms with E-state index >= 15 is 0 Å². The van der Waals surface area contributed by atoms with Crippen molar-refractivity contribution in [1.82, 2.24) is 15.1 Å². The molecule has 0 fully saturated rings. The maximum Gasteiger partial charge on any atom is 0.238 e. The first-order valence-corrected chi connectivity index (χ1v) is 9.50. The molecule has 0 bridgehead atoms. The molecule has 0 saturated carbocycles. The number of thioether (sulfide) groups is 1. The van der Waals surface area contributed by atoms with Gasteiger partial charge >= 0.3 is 0 Å². The zero-order valence-electron chi connectivity index (χ0n) is 13.7. The Bertz CT molecular complexity index is 742. The number of halogens is 3. The predicted octanol–water partition coefficient (Wildman–Crippen LogP) is 3.53. The van der Waals surface area contributed by atoms with E-state index in [0.29, 0.717) is 13.1 Å². The Hall–Kier alpha value is -1.65. The van der Waals surface area contributed by atoms with Crippen LogP contribution in [0.1, 0.15) is 18.4 Å². The van der Waals surface area contributed by atoms with Crippen molar-refractivity contribution in [3.05, 3.63) is 34.6 Å². The molecule has 0 spiro atoms. The summed E-state index contributed by atoms with van der Waals surface area (Å²) in [6, 6.07) is 1.76. The molecule has 0 saturated heterocycles. The summed E-state index contributed by atoms with van der Waals surface area (Å²) in [5, 5.41) is 11.1. The number of carbonyl (C=O) groups excluding carboxylic acids is 1. The van der Waals surface area contributed by atoms with Gasteiger partial charge in [-0.3, -0.25) is 9.69 Å². The van der Waals surface area contributed by atoms with Gasteiger partial charge in [-0.05, 0) is 31.4 Å². The van der Waals surface area contributed by atoms with Gasteiger partial charge in [0.1, 0.15) is 5.01 Å². The third kappa shape index (κ3) is 5.41. The van der Waals surface area contributed by atoms with Crippen LogP contribution in [0.25, 0.3) is 0 Å². The molecule has 0 aliphatic heterocycles. The maximum atomic E-state index is 13.6. The first-order valence-electron chi connectivity index (χ1n) is 7.46. The van der Waals surface area contributed by atoms with Crippen molar-refractivity contribution < 1.29 is 18.0 Å². The topological polar surface area (TPSA) is 58.1 Å². The highest BCUT2D eigenvalue weighted by molar-refractivity contribution is 8.00. The van der Waals surface area contributed by atoms with E-state index in [1.807, 2.05) is 18.1 Å². The summed E-state index contributed by atoms with van der Waals surface area (Å²) in [5.41, 5.74) is -0.388. The Labute approximate surface area is 151 Å². The van der Waals surface area contributed by atoms with Crippen molar-refractivity contribution in [2.75, 3.05) is 24.7 Å². The van der Waals surface area contributed by atoms with Gasteiger partial charge in [0.2, 0.25) is 5.91 Å². The molecule has 1 aromatic heterocycles. The standard InChI is InChI=1S/C15H17F3N4OS2/c1-3-6-22(8-12-20-21-15(24-2)25-12)7-11(23)19-10-5-4-9(16)13(17)14(10)18/h4-5H,3,6-8H2,1-2H3,(H,19,23). The second-order valence-electron chi connectivity index (χ2n) is 5.15. The monoisotopic (exact) mass is 390 g/mol. The molecule has 5 nitrogen and oxygen atoms in total. The average molecular weight is 390 g/mol. The smallest absolute Gasteiger partial charge is 0.238 e. The zero-order chi connectivity index (χ0) is 18.4. The first-order chi connectivity index (χ1) is 11.9. The third-order valence-electron chi connectivity index (χ3n) is 3.20. The van der Waals surface area contributed by atoms with Gasteiger partial charge < -0.3 is 5.32 Å². The molecular weight excluding hydrogens is 373 g/mol. The van der Waals surface area contributed by atoms with Crippen LogP contribution in [0, 0.1) is 17.5 Å². The average Bonchev–Trinajstić information content (AvgIpc) is 3.03. The van der Waals surface area contributed by atoms with Gasteiger partial charge in [-0.2, -0.15) is 0 Å². The van der Waals surface area contributed by atoms with E-state index in [-0.39, 0.29) is 12.2 Å². The number of rotatable bonds is 8. The van der Waals surface area contributed by atoms with Crippen LogP contribution in [-0.2, 0) is 11.3 Å². The van der Waals surface area contributed by atoms with Gasteiger partial charge in [0, 0.05) is 0 Å². The molecule has 1 amide bonds. The molecule has 2 aromatic rings. The highest BCUT2D eigenvalue weighted by Crippen LogP contribution is 2.21. The van der Waals surface area contributed by atoms with Crippen LogP contribution in [0.2, 0.25) is 0 Å². The molecule has 136 valence electrons. The summed E-state index contributed by atoms with van der Waals surface area (Å²) in [6.45, 7) is 3.00. The summed E-state index contributed by atoms with van der Waals surface area (Å²) < 4.78 is 40.6. The highest BCUT2D eigenvalue weighted by Gasteiger charge is 2.18. The lowest BCUT2D eigenvalue weighted by molar-refractivity contribution is -0.117. The fraction of sp³-hybridized carbons (Fsp3) is 0.400. The van der Waals surface area contributed by atoms with E-state index in [9.17, 15) is 18.0 Å². The third-order valence-corrected chi connectivity index (χ3v) is 5.08. The number of nitrogens with zero attached hydrogens (tertiary/aromatic N) is 3. The minimum absolute atomic E-state index is 0.0273. The summed E-state index contributed by atoms with van der Waals surface area (Å²) in [4.78, 5) is 14.0. The number of carbonyl (C=O) groups is 1. The normalized spacial score (nSPS) is 11.1. The SMILES string of the molecule is CCCN(CC(=O)Nc1ccc(F)c(F)c1F)Cc1nnc(SC)s1. The van der Waals surface area contributed by atoms with Crippen molar-refractivity contribution in [1.29, 1.82) is 0 Å². The summed E-state index contributed by atoms with van der Waals surface area (Å²) in [5.74, 6) is -4.84. The lowest BCUT2D eigenvalue weighted by atomic mass is 10.2. The van der Waals surface area contributed by atoms with Gasteiger partial charge in [0.05, 0.1) is 18.8 Å². The van der Waals surface area contributed by atoms with Crippen molar-refractivity contribution >= 4 is 34.7 Å². The molecule has 1 heterocycles. The van der Waals surface area contributed by atoms with Crippen LogP contribution < -0.4 is 5.32 Å². The van der Waals surface area contributed by atoms with Crippen LogP contribution in [0.5, 0.6) is 0 Å². The van der Waals surface area contributed by atoms with Crippen molar-refractivity contribution in [3.63, 3.8) is 0 Å². The number of hydrogen-bond acceptors (Lipinski definition) is 6. The first kappa shape index (κ1) is 19.7. The van der Waals surface area contributed by atoms with Crippen molar-refractivity contribution in [2.24, 2.45) is 0 Å². The van der Waals surface area contributed by atoms with Gasteiger partial charge in [0.25, 0.3) is 0 Å². The molecule has 0 atom stereocenters. The minimum atomic E-state index is -1.61. The van der Waals surface area contributed by atoms with Crippen LogP contribution in [0.3, 0.4) is 0 Å². The van der Waals surface area contributed by atoms with Crippen molar-refractivity contribution in [3.8, 4) is 0 Å². The van der Waals surface area contributed by atoms with E-state index in [2.05, 4.69) is 15.5 Å². The van der Waals surface area contributed by atoms with E-state index in [4.69, 9.17) is 0 Å². The second-order valence-corrected chi connectivity index (χ2v) is 7.26. The molecule has 0 unspecified atom stereocenters. The fourth-order valence-electron chi connectivity index (χ4n) is 2.12. The molecule has 1 N–H and O–H groups in total. The quantitative estimate of drug-likeness (QED) is 0.552. The predicted molar refractivity (Wildman–Crippen MR) is 92.2 cm³/mol. The minimum Gasteiger partial charge on any atom is -0.322 e.